The van der Waals surface area contributed by atoms with Crippen LogP contribution in [0.3, 0.4) is 0 Å². The number of nitrogens with zero attached hydrogens (tertiary/aromatic N) is 4. The van der Waals surface area contributed by atoms with E-state index in [4.69, 9.17) is 9.47 Å². The third-order valence-corrected chi connectivity index (χ3v) is 6.22. The van der Waals surface area contributed by atoms with Crippen molar-refractivity contribution in [3.8, 4) is 17.4 Å². The van der Waals surface area contributed by atoms with Gasteiger partial charge in [-0.1, -0.05) is 25.1 Å². The van der Waals surface area contributed by atoms with E-state index in [-0.39, 0.29) is 5.91 Å². The number of fused-ring (bicyclic) bond motifs is 3. The molecule has 0 fully saturated rings. The Kier molecular flexibility index (Phi) is 6.93. The lowest BCUT2D eigenvalue weighted by molar-refractivity contribution is 0.0739. The molecule has 0 spiro atoms. The van der Waals surface area contributed by atoms with Gasteiger partial charge in [-0.05, 0) is 62.1 Å². The van der Waals surface area contributed by atoms with Gasteiger partial charge in [-0.25, -0.2) is 9.97 Å². The Morgan fingerprint density at radius 2 is 1.89 bits per heavy atom. The van der Waals surface area contributed by atoms with Crippen molar-refractivity contribution in [2.24, 2.45) is 0 Å². The number of imidazole rings is 1. The van der Waals surface area contributed by atoms with Crippen LogP contribution in [0.15, 0.2) is 67.1 Å². The Morgan fingerprint density at radius 1 is 1.00 bits per heavy atom. The van der Waals surface area contributed by atoms with E-state index in [9.17, 15) is 4.79 Å². The molecule has 0 unspecified atom stereocenters. The average Bonchev–Trinajstić information content (AvgIpc) is 3.29. The highest BCUT2D eigenvalue weighted by Gasteiger charge is 2.20. The van der Waals surface area contributed by atoms with Crippen molar-refractivity contribution >= 4 is 16.9 Å². The lowest BCUT2D eigenvalue weighted by Gasteiger charge is -2.24. The Morgan fingerprint density at radius 3 is 2.77 bits per heavy atom. The van der Waals surface area contributed by atoms with Gasteiger partial charge in [0.15, 0.2) is 11.5 Å². The van der Waals surface area contributed by atoms with Crippen LogP contribution in [0, 0.1) is 0 Å². The number of hydrogen-bond acceptors (Lipinski definition) is 5. The molecule has 0 bridgehead atoms. The molecule has 35 heavy (non-hydrogen) atoms. The monoisotopic (exact) mass is 470 g/mol. The largest absolute Gasteiger partial charge is 0.490 e. The van der Waals surface area contributed by atoms with E-state index in [1.54, 1.807) is 6.20 Å². The van der Waals surface area contributed by atoms with Crippen LogP contribution < -0.4 is 9.47 Å². The first-order chi connectivity index (χ1) is 17.2. The van der Waals surface area contributed by atoms with Gasteiger partial charge < -0.3 is 18.9 Å². The smallest absolute Gasteiger partial charge is 0.254 e. The van der Waals surface area contributed by atoms with Crippen LogP contribution in [0.2, 0.25) is 0 Å². The molecule has 0 radical (unpaired) electrons. The van der Waals surface area contributed by atoms with Gasteiger partial charge in [-0.15, -0.1) is 0 Å². The Hall–Kier alpha value is -3.87. The number of carbonyl (C=O) groups is 1. The maximum absolute atomic E-state index is 13.7. The van der Waals surface area contributed by atoms with Gasteiger partial charge in [0, 0.05) is 30.4 Å². The molecular weight excluding hydrogens is 440 g/mol. The normalized spacial score (nSPS) is 14.5. The first-order valence-electron chi connectivity index (χ1n) is 12.3. The fourth-order valence-electron chi connectivity index (χ4n) is 4.41. The second kappa shape index (κ2) is 10.6. The van der Waals surface area contributed by atoms with E-state index in [0.29, 0.717) is 42.6 Å². The zero-order valence-corrected chi connectivity index (χ0v) is 20.0. The summed E-state index contributed by atoms with van der Waals surface area (Å²) in [7, 11) is 0. The van der Waals surface area contributed by atoms with E-state index >= 15 is 0 Å². The predicted molar refractivity (Wildman–Crippen MR) is 135 cm³/mol. The van der Waals surface area contributed by atoms with Crippen molar-refractivity contribution in [3.63, 3.8) is 0 Å². The minimum Gasteiger partial charge on any atom is -0.490 e. The summed E-state index contributed by atoms with van der Waals surface area (Å²) >= 11 is 0. The van der Waals surface area contributed by atoms with E-state index in [1.807, 2.05) is 65.8 Å². The fourth-order valence-corrected chi connectivity index (χ4v) is 4.41. The average molecular weight is 471 g/mol. The maximum Gasteiger partial charge on any atom is 0.254 e. The van der Waals surface area contributed by atoms with Gasteiger partial charge in [0.1, 0.15) is 0 Å². The summed E-state index contributed by atoms with van der Waals surface area (Å²) in [6, 6.07) is 17.3. The minimum atomic E-state index is -0.0155. The summed E-state index contributed by atoms with van der Waals surface area (Å²) in [4.78, 5) is 24.6. The summed E-state index contributed by atoms with van der Waals surface area (Å²) in [5.41, 5.74) is 3.39. The zero-order chi connectivity index (χ0) is 24.0. The molecule has 7 nitrogen and oxygen atoms in total. The number of carbonyl (C=O) groups excluding carboxylic acids is 1. The van der Waals surface area contributed by atoms with Crippen molar-refractivity contribution in [2.75, 3.05) is 13.2 Å². The Balaban J connectivity index is 1.45. The predicted octanol–water partition coefficient (Wildman–Crippen LogP) is 5.84. The highest BCUT2D eigenvalue weighted by atomic mass is 16.5. The van der Waals surface area contributed by atoms with Crippen LogP contribution in [0.1, 0.15) is 48.5 Å². The molecule has 7 heteroatoms. The molecule has 3 heterocycles. The van der Waals surface area contributed by atoms with Gasteiger partial charge in [0.2, 0.25) is 5.88 Å². The molecular formula is C28H30N4O3. The van der Waals surface area contributed by atoms with Gasteiger partial charge >= 0.3 is 0 Å². The molecule has 4 aromatic rings. The Bertz CT molecular complexity index is 1320. The number of aryl methyl sites for hydroxylation is 1. The van der Waals surface area contributed by atoms with Gasteiger partial charge in [0.05, 0.1) is 30.5 Å². The van der Waals surface area contributed by atoms with E-state index in [1.165, 1.54) is 0 Å². The van der Waals surface area contributed by atoms with Crippen LogP contribution in [0.25, 0.3) is 11.0 Å². The summed E-state index contributed by atoms with van der Waals surface area (Å²) in [6.45, 7) is 4.70. The lowest BCUT2D eigenvalue weighted by atomic mass is 10.1. The van der Waals surface area contributed by atoms with Crippen molar-refractivity contribution < 1.29 is 14.3 Å². The van der Waals surface area contributed by atoms with Crippen LogP contribution in [0.5, 0.6) is 17.4 Å². The van der Waals surface area contributed by atoms with Crippen molar-refractivity contribution in [3.05, 3.63) is 78.2 Å². The molecule has 0 atom stereocenters. The number of pyridine rings is 1. The molecule has 0 saturated heterocycles. The highest BCUT2D eigenvalue weighted by molar-refractivity contribution is 5.97. The molecule has 180 valence electrons. The lowest BCUT2D eigenvalue weighted by Crippen LogP contribution is -2.31. The zero-order valence-electron chi connectivity index (χ0n) is 20.0. The van der Waals surface area contributed by atoms with Crippen molar-refractivity contribution in [1.82, 2.24) is 19.4 Å². The van der Waals surface area contributed by atoms with E-state index < -0.39 is 0 Å². The van der Waals surface area contributed by atoms with Crippen molar-refractivity contribution in [2.45, 2.75) is 45.7 Å². The molecule has 0 saturated carbocycles. The maximum atomic E-state index is 13.7. The summed E-state index contributed by atoms with van der Waals surface area (Å²) in [5.74, 6) is 1.79. The number of rotatable bonds is 3. The number of para-hydroxylation sites is 2. The molecule has 2 aromatic carbocycles. The molecule has 0 N–H and O–H groups in total. The van der Waals surface area contributed by atoms with Crippen molar-refractivity contribution in [1.29, 1.82) is 0 Å². The standard InChI is InChI=1S/C28H30N4O3/c1-2-15-32-20-30-23-18-21(12-13-24(23)32)28(33)31-16-6-3-7-17-34-25-10-4-5-11-26(25)35-27-22(19-31)9-8-14-29-27/h4-5,8-14,18,20H,2-3,6-7,15-17,19H2,1H3. The number of hydrogen-bond donors (Lipinski definition) is 0. The highest BCUT2D eigenvalue weighted by Crippen LogP contribution is 2.33. The number of benzene rings is 2. The van der Waals surface area contributed by atoms with Gasteiger partial charge in [-0.2, -0.15) is 0 Å². The SMILES string of the molecule is CCCn1cnc2cc(C(=O)N3CCCCCOc4ccccc4Oc4ncccc4C3)ccc21. The topological polar surface area (TPSA) is 69.5 Å². The molecule has 1 amide bonds. The first-order valence-corrected chi connectivity index (χ1v) is 12.3. The van der Waals surface area contributed by atoms with Crippen LogP contribution in [-0.2, 0) is 13.1 Å². The quantitative estimate of drug-likeness (QED) is 0.376. The third kappa shape index (κ3) is 5.14. The summed E-state index contributed by atoms with van der Waals surface area (Å²) in [5, 5.41) is 0. The number of amides is 1. The van der Waals surface area contributed by atoms with Gasteiger partial charge in [-0.3, -0.25) is 4.79 Å². The third-order valence-electron chi connectivity index (χ3n) is 6.22. The van der Waals surface area contributed by atoms with Gasteiger partial charge in [0.25, 0.3) is 5.91 Å². The molecule has 1 aliphatic heterocycles. The molecule has 0 aliphatic carbocycles. The second-order valence-electron chi connectivity index (χ2n) is 8.79. The summed E-state index contributed by atoms with van der Waals surface area (Å²) in [6.07, 6.45) is 7.34. The summed E-state index contributed by atoms with van der Waals surface area (Å²) < 4.78 is 14.3. The van der Waals surface area contributed by atoms with Crippen LogP contribution in [0.4, 0.5) is 0 Å². The molecule has 1 aliphatic rings. The second-order valence-corrected chi connectivity index (χ2v) is 8.79. The Labute approximate surface area is 205 Å². The van der Waals surface area contributed by atoms with Crippen LogP contribution >= 0.6 is 0 Å². The van der Waals surface area contributed by atoms with E-state index in [0.717, 1.165) is 48.8 Å². The molecule has 2 aromatic heterocycles. The minimum absolute atomic E-state index is 0.0155. The fraction of sp³-hybridized carbons (Fsp3) is 0.321. The number of aromatic nitrogens is 3. The first kappa shape index (κ1) is 22.9. The number of ether oxygens (including phenoxy) is 2. The molecule has 5 rings (SSSR count). The van der Waals surface area contributed by atoms with Crippen LogP contribution in [-0.4, -0.2) is 38.5 Å². The van der Waals surface area contributed by atoms with E-state index in [2.05, 4.69) is 21.5 Å².